The molecule has 2 aliphatic rings. The van der Waals surface area contributed by atoms with E-state index in [1.165, 1.54) is 0 Å². The first-order valence-corrected chi connectivity index (χ1v) is 11.8. The first-order chi connectivity index (χ1) is 14.6. The summed E-state index contributed by atoms with van der Waals surface area (Å²) < 4.78 is 16.1. The number of nitrogens with one attached hydrogen (secondary N) is 1. The lowest BCUT2D eigenvalue weighted by atomic mass is 9.84. The monoisotopic (exact) mass is 449 g/mol. The molecule has 30 heavy (non-hydrogen) atoms. The zero-order chi connectivity index (χ0) is 21.1. The van der Waals surface area contributed by atoms with Crippen LogP contribution in [0.25, 0.3) is 11.5 Å². The van der Waals surface area contributed by atoms with E-state index in [9.17, 15) is 9.59 Å². The maximum Gasteiger partial charge on any atom is 0.336 e. The molecule has 0 radical (unpaired) electrons. The van der Waals surface area contributed by atoms with Crippen LogP contribution >= 0.6 is 23.5 Å². The van der Waals surface area contributed by atoms with Gasteiger partial charge in [-0.2, -0.15) is 0 Å². The molecule has 8 nitrogen and oxygen atoms in total. The van der Waals surface area contributed by atoms with Gasteiger partial charge < -0.3 is 18.9 Å². The summed E-state index contributed by atoms with van der Waals surface area (Å²) in [5, 5.41) is 12.2. The van der Waals surface area contributed by atoms with Crippen molar-refractivity contribution in [2.24, 2.45) is 5.92 Å². The number of fused-ring (bicyclic) bond motifs is 1. The van der Waals surface area contributed by atoms with Crippen LogP contribution in [-0.2, 0) is 14.3 Å². The van der Waals surface area contributed by atoms with Gasteiger partial charge in [0.05, 0.1) is 34.8 Å². The van der Waals surface area contributed by atoms with Crippen LogP contribution in [0.1, 0.15) is 38.4 Å². The van der Waals surface area contributed by atoms with E-state index in [0.717, 1.165) is 43.0 Å². The Morgan fingerprint density at radius 1 is 1.33 bits per heavy atom. The highest BCUT2D eigenvalue weighted by atomic mass is 32.2. The minimum absolute atomic E-state index is 0.0987. The zero-order valence-corrected chi connectivity index (χ0v) is 18.4. The first kappa shape index (κ1) is 21.0. The number of hydrogen-bond donors (Lipinski definition) is 1. The lowest BCUT2D eigenvalue weighted by molar-refractivity contribution is -0.139. The fourth-order valence-electron chi connectivity index (χ4n) is 3.77. The third kappa shape index (κ3) is 4.44. The Morgan fingerprint density at radius 3 is 2.93 bits per heavy atom. The van der Waals surface area contributed by atoms with Crippen LogP contribution in [0.15, 0.2) is 37.0 Å². The molecule has 1 fully saturated rings. The number of thioether (sulfide) groups is 2. The molecule has 0 aromatic carbocycles. The van der Waals surface area contributed by atoms with Gasteiger partial charge in [0.2, 0.25) is 5.91 Å². The second-order valence-corrected chi connectivity index (χ2v) is 9.29. The van der Waals surface area contributed by atoms with E-state index in [0.29, 0.717) is 39.3 Å². The van der Waals surface area contributed by atoms with Crippen LogP contribution in [0.3, 0.4) is 0 Å². The highest BCUT2D eigenvalue weighted by molar-refractivity contribution is 8.04. The quantitative estimate of drug-likeness (QED) is 0.497. The van der Waals surface area contributed by atoms with Crippen LogP contribution in [0, 0.1) is 12.8 Å². The Morgan fingerprint density at radius 2 is 2.17 bits per heavy atom. The van der Waals surface area contributed by atoms with E-state index in [-0.39, 0.29) is 23.5 Å². The largest absolute Gasteiger partial charge is 0.469 e. The number of nitrogens with zero attached hydrogens (tertiary/aromatic N) is 2. The van der Waals surface area contributed by atoms with Crippen LogP contribution in [0.4, 0.5) is 0 Å². The first-order valence-electron chi connectivity index (χ1n) is 9.95. The summed E-state index contributed by atoms with van der Waals surface area (Å²) in [4.78, 5) is 25.1. The fourth-order valence-corrected chi connectivity index (χ4v) is 5.90. The molecule has 10 heteroatoms. The number of hydrogen-bond acceptors (Lipinski definition) is 9. The van der Waals surface area contributed by atoms with Crippen LogP contribution in [0.2, 0.25) is 0 Å². The molecule has 2 aromatic rings. The van der Waals surface area contributed by atoms with E-state index in [1.807, 2.05) is 6.92 Å². The fraction of sp³-hybridized carbons (Fsp3) is 0.500. The second kappa shape index (κ2) is 9.30. The number of carbonyl (C=O) groups is 2. The van der Waals surface area contributed by atoms with E-state index < -0.39 is 0 Å². The SMILES string of the molecule is CCOC(=O)C1=C(NC(=O)CSc2nnc(-c3ccoc3C)o2)SC2CCCCC12. The van der Waals surface area contributed by atoms with Crippen molar-refractivity contribution in [3.63, 3.8) is 0 Å². The van der Waals surface area contributed by atoms with Crippen LogP contribution < -0.4 is 5.32 Å². The zero-order valence-electron chi connectivity index (χ0n) is 16.8. The summed E-state index contributed by atoms with van der Waals surface area (Å²) >= 11 is 2.74. The third-order valence-electron chi connectivity index (χ3n) is 5.16. The van der Waals surface area contributed by atoms with Gasteiger partial charge in [-0.05, 0) is 32.8 Å². The third-order valence-corrected chi connectivity index (χ3v) is 7.40. The number of aryl methyl sites for hydroxylation is 1. The topological polar surface area (TPSA) is 107 Å². The standard InChI is InChI=1S/C20H23N3O5S2/c1-3-26-19(25)16-13-6-4-5-7-14(13)30-18(16)21-15(24)10-29-20-23-22-17(28-20)12-8-9-27-11(12)2/h8-9,13-14H,3-7,10H2,1-2H3,(H,21,24). The van der Waals surface area contributed by atoms with Crippen LogP contribution in [0.5, 0.6) is 0 Å². The van der Waals surface area contributed by atoms with Gasteiger partial charge in [-0.1, -0.05) is 24.6 Å². The predicted octanol–water partition coefficient (Wildman–Crippen LogP) is 3.93. The molecule has 2 aromatic heterocycles. The molecule has 1 N–H and O–H groups in total. The predicted molar refractivity (Wildman–Crippen MR) is 113 cm³/mol. The van der Waals surface area contributed by atoms with Gasteiger partial charge >= 0.3 is 5.97 Å². The van der Waals surface area contributed by atoms with E-state index in [1.54, 1.807) is 31.0 Å². The molecular formula is C20H23N3O5S2. The average molecular weight is 450 g/mol. The summed E-state index contributed by atoms with van der Waals surface area (Å²) in [6.07, 6.45) is 5.80. The highest BCUT2D eigenvalue weighted by Gasteiger charge is 2.41. The number of carbonyl (C=O) groups excluding carboxylic acids is 2. The normalized spacial score (nSPS) is 20.9. The number of amides is 1. The maximum atomic E-state index is 12.6. The maximum absolute atomic E-state index is 12.6. The van der Waals surface area contributed by atoms with Crippen molar-refractivity contribution >= 4 is 35.4 Å². The van der Waals surface area contributed by atoms with E-state index >= 15 is 0 Å². The van der Waals surface area contributed by atoms with Gasteiger partial charge in [0.1, 0.15) is 5.76 Å². The summed E-state index contributed by atoms with van der Waals surface area (Å²) in [5.41, 5.74) is 1.36. The number of aromatic nitrogens is 2. The van der Waals surface area contributed by atoms with Crippen molar-refractivity contribution in [3.8, 4) is 11.5 Å². The lowest BCUT2D eigenvalue weighted by Gasteiger charge is -2.25. The van der Waals surface area contributed by atoms with E-state index in [2.05, 4.69) is 15.5 Å². The molecule has 1 saturated carbocycles. The molecule has 1 amide bonds. The van der Waals surface area contributed by atoms with Crippen molar-refractivity contribution < 1.29 is 23.2 Å². The number of rotatable bonds is 7. The molecule has 2 unspecified atom stereocenters. The Balaban J connectivity index is 1.40. The highest BCUT2D eigenvalue weighted by Crippen LogP contribution is 2.48. The van der Waals surface area contributed by atoms with Gasteiger partial charge in [-0.15, -0.1) is 22.0 Å². The van der Waals surface area contributed by atoms with Gasteiger partial charge in [-0.3, -0.25) is 4.79 Å². The van der Waals surface area contributed by atoms with Gasteiger partial charge in [-0.25, -0.2) is 4.79 Å². The second-order valence-electron chi connectivity index (χ2n) is 7.11. The molecule has 4 rings (SSSR count). The van der Waals surface area contributed by atoms with Crippen molar-refractivity contribution in [3.05, 3.63) is 28.7 Å². The molecule has 0 bridgehead atoms. The Hall–Kier alpha value is -2.20. The molecule has 1 aliphatic carbocycles. The van der Waals surface area contributed by atoms with Crippen molar-refractivity contribution in [2.45, 2.75) is 50.0 Å². The Kier molecular flexibility index (Phi) is 6.52. The molecule has 0 spiro atoms. The molecule has 3 heterocycles. The Bertz CT molecular complexity index is 967. The number of ether oxygens (including phenoxy) is 1. The smallest absolute Gasteiger partial charge is 0.336 e. The molecule has 2 atom stereocenters. The molecule has 1 aliphatic heterocycles. The molecule has 160 valence electrons. The molecule has 0 saturated heterocycles. The Labute approximate surface area is 182 Å². The lowest BCUT2D eigenvalue weighted by Crippen LogP contribution is -2.26. The molecular weight excluding hydrogens is 426 g/mol. The minimum Gasteiger partial charge on any atom is -0.469 e. The minimum atomic E-state index is -0.320. The summed E-state index contributed by atoms with van der Waals surface area (Å²) in [6.45, 7) is 3.92. The number of esters is 1. The van der Waals surface area contributed by atoms with Crippen molar-refractivity contribution in [2.75, 3.05) is 12.4 Å². The van der Waals surface area contributed by atoms with Gasteiger partial charge in [0.15, 0.2) is 0 Å². The van der Waals surface area contributed by atoms with Crippen molar-refractivity contribution in [1.82, 2.24) is 15.5 Å². The number of furan rings is 1. The van der Waals surface area contributed by atoms with E-state index in [4.69, 9.17) is 13.6 Å². The summed E-state index contributed by atoms with van der Waals surface area (Å²) in [5.74, 6) is 0.753. The summed E-state index contributed by atoms with van der Waals surface area (Å²) in [6, 6.07) is 1.75. The van der Waals surface area contributed by atoms with Crippen LogP contribution in [-0.4, -0.2) is 39.7 Å². The van der Waals surface area contributed by atoms with Crippen molar-refractivity contribution in [1.29, 1.82) is 0 Å². The average Bonchev–Trinajstić information content (AvgIpc) is 3.44. The van der Waals surface area contributed by atoms with Gasteiger partial charge in [0.25, 0.3) is 11.1 Å². The summed E-state index contributed by atoms with van der Waals surface area (Å²) in [7, 11) is 0. The van der Waals surface area contributed by atoms with Gasteiger partial charge in [0, 0.05) is 11.2 Å².